The van der Waals surface area contributed by atoms with E-state index in [-0.39, 0.29) is 48.8 Å². The third-order valence-corrected chi connectivity index (χ3v) is 6.27. The van der Waals surface area contributed by atoms with E-state index in [0.29, 0.717) is 33.1 Å². The van der Waals surface area contributed by atoms with Crippen LogP contribution >= 0.6 is 23.7 Å². The van der Waals surface area contributed by atoms with Gasteiger partial charge in [0.15, 0.2) is 5.13 Å². The van der Waals surface area contributed by atoms with Crippen LogP contribution in [0.3, 0.4) is 0 Å². The second-order valence-corrected chi connectivity index (χ2v) is 8.90. The fourth-order valence-corrected chi connectivity index (χ4v) is 4.62. The van der Waals surface area contributed by atoms with Crippen LogP contribution in [0.5, 0.6) is 0 Å². The Hall–Kier alpha value is -2.88. The summed E-state index contributed by atoms with van der Waals surface area (Å²) in [6.45, 7) is 1.24. The zero-order valence-electron chi connectivity index (χ0n) is 18.3. The molecule has 2 aromatic carbocycles. The quantitative estimate of drug-likeness (QED) is 0.466. The Morgan fingerprint density at radius 2 is 1.73 bits per heavy atom. The van der Waals surface area contributed by atoms with Gasteiger partial charge in [-0.1, -0.05) is 11.3 Å². The number of thiazole rings is 1. The molecular formula is C23H24ClFN4O3S. The molecule has 0 saturated carbocycles. The van der Waals surface area contributed by atoms with E-state index in [9.17, 15) is 18.8 Å². The van der Waals surface area contributed by atoms with Gasteiger partial charge in [0, 0.05) is 24.9 Å². The molecular weight excluding hydrogens is 467 g/mol. The average Bonchev–Trinajstić information content (AvgIpc) is 3.32. The van der Waals surface area contributed by atoms with Crippen LogP contribution < -0.4 is 9.80 Å². The van der Waals surface area contributed by atoms with Crippen LogP contribution in [0.25, 0.3) is 10.2 Å². The number of hydrogen-bond donors (Lipinski definition) is 0. The fraction of sp³-hybridized carbons (Fsp3) is 0.304. The molecule has 0 radical (unpaired) electrons. The van der Waals surface area contributed by atoms with Crippen molar-refractivity contribution in [3.05, 3.63) is 53.8 Å². The van der Waals surface area contributed by atoms with E-state index in [1.807, 2.05) is 19.0 Å². The molecule has 1 aliphatic heterocycles. The standard InChI is InChI=1S/C23H23FN4O3S.ClH/c1-26(2)12-3-13-27(23-25-18-9-6-16(24)14-19(18)32-23)22(31)15-4-7-17(8-5-15)28-20(29)10-11-21(28)30;/h4-9,14H,3,10-13H2,1-2H3;1H. The van der Waals surface area contributed by atoms with Crippen molar-refractivity contribution in [1.82, 2.24) is 9.88 Å². The molecule has 0 bridgehead atoms. The highest BCUT2D eigenvalue weighted by molar-refractivity contribution is 7.22. The average molecular weight is 491 g/mol. The molecule has 10 heteroatoms. The van der Waals surface area contributed by atoms with E-state index in [0.717, 1.165) is 17.9 Å². The van der Waals surface area contributed by atoms with Crippen molar-refractivity contribution in [3.63, 3.8) is 0 Å². The van der Waals surface area contributed by atoms with Gasteiger partial charge in [0.05, 0.1) is 15.9 Å². The van der Waals surface area contributed by atoms with Crippen LogP contribution in [-0.4, -0.2) is 54.8 Å². The Bertz CT molecular complexity index is 1170. The maximum atomic E-state index is 13.6. The molecule has 1 saturated heterocycles. The van der Waals surface area contributed by atoms with Crippen molar-refractivity contribution < 1.29 is 18.8 Å². The first-order chi connectivity index (χ1) is 15.3. The number of carbonyl (C=O) groups excluding carboxylic acids is 3. The third kappa shape index (κ3) is 5.38. The van der Waals surface area contributed by atoms with Gasteiger partial charge >= 0.3 is 0 Å². The van der Waals surface area contributed by atoms with Crippen LogP contribution in [0.2, 0.25) is 0 Å². The minimum Gasteiger partial charge on any atom is -0.309 e. The Labute approximate surface area is 201 Å². The highest BCUT2D eigenvalue weighted by atomic mass is 35.5. The number of fused-ring (bicyclic) bond motifs is 1. The number of aromatic nitrogens is 1. The van der Waals surface area contributed by atoms with Gasteiger partial charge in [-0.2, -0.15) is 0 Å². The molecule has 33 heavy (non-hydrogen) atoms. The minimum atomic E-state index is -0.347. The summed E-state index contributed by atoms with van der Waals surface area (Å²) in [6, 6.07) is 10.8. The van der Waals surface area contributed by atoms with Gasteiger partial charge in [-0.05, 0) is 69.5 Å². The van der Waals surface area contributed by atoms with Gasteiger partial charge in [0.1, 0.15) is 5.82 Å². The van der Waals surface area contributed by atoms with Crippen molar-refractivity contribution in [3.8, 4) is 0 Å². The summed E-state index contributed by atoms with van der Waals surface area (Å²) in [4.78, 5) is 46.7. The number of carbonyl (C=O) groups is 3. The summed E-state index contributed by atoms with van der Waals surface area (Å²) in [7, 11) is 3.93. The molecule has 1 fully saturated rings. The summed E-state index contributed by atoms with van der Waals surface area (Å²) in [5, 5.41) is 0.503. The second kappa shape index (κ2) is 10.4. The van der Waals surface area contributed by atoms with E-state index in [1.165, 1.54) is 23.5 Å². The van der Waals surface area contributed by atoms with Crippen molar-refractivity contribution >= 4 is 62.5 Å². The number of hydrogen-bond acceptors (Lipinski definition) is 6. The van der Waals surface area contributed by atoms with Gasteiger partial charge in [-0.3, -0.25) is 24.2 Å². The molecule has 0 atom stereocenters. The maximum Gasteiger partial charge on any atom is 0.260 e. The molecule has 0 spiro atoms. The van der Waals surface area contributed by atoms with E-state index in [1.54, 1.807) is 35.2 Å². The van der Waals surface area contributed by atoms with Gasteiger partial charge in [0.2, 0.25) is 11.8 Å². The normalized spacial score (nSPS) is 13.6. The molecule has 1 aromatic heterocycles. The van der Waals surface area contributed by atoms with E-state index in [2.05, 4.69) is 4.98 Å². The Morgan fingerprint density at radius 3 is 2.36 bits per heavy atom. The number of imide groups is 1. The molecule has 0 unspecified atom stereocenters. The van der Waals surface area contributed by atoms with Crippen molar-refractivity contribution in [2.24, 2.45) is 0 Å². The molecule has 1 aliphatic rings. The zero-order chi connectivity index (χ0) is 22.8. The number of nitrogens with zero attached hydrogens (tertiary/aromatic N) is 4. The predicted molar refractivity (Wildman–Crippen MR) is 130 cm³/mol. The summed E-state index contributed by atoms with van der Waals surface area (Å²) >= 11 is 1.27. The number of halogens is 2. The molecule has 2 heterocycles. The Kier molecular flexibility index (Phi) is 7.78. The summed E-state index contributed by atoms with van der Waals surface area (Å²) in [5.74, 6) is -1.06. The monoisotopic (exact) mass is 490 g/mol. The van der Waals surface area contributed by atoms with E-state index >= 15 is 0 Å². The van der Waals surface area contributed by atoms with Crippen molar-refractivity contribution in [2.45, 2.75) is 19.3 Å². The topological polar surface area (TPSA) is 73.8 Å². The Balaban J connectivity index is 0.00000306. The molecule has 3 amide bonds. The maximum absolute atomic E-state index is 13.6. The van der Waals surface area contributed by atoms with Crippen LogP contribution in [0.15, 0.2) is 42.5 Å². The lowest BCUT2D eigenvalue weighted by Gasteiger charge is -2.21. The van der Waals surface area contributed by atoms with E-state index in [4.69, 9.17) is 0 Å². The molecule has 174 valence electrons. The van der Waals surface area contributed by atoms with Gasteiger partial charge in [0.25, 0.3) is 5.91 Å². The van der Waals surface area contributed by atoms with Gasteiger partial charge in [-0.25, -0.2) is 9.37 Å². The Morgan fingerprint density at radius 1 is 1.06 bits per heavy atom. The van der Waals surface area contributed by atoms with Crippen molar-refractivity contribution in [1.29, 1.82) is 0 Å². The lowest BCUT2D eigenvalue weighted by molar-refractivity contribution is -0.121. The lowest BCUT2D eigenvalue weighted by Crippen LogP contribution is -2.33. The van der Waals surface area contributed by atoms with E-state index < -0.39 is 0 Å². The fourth-order valence-electron chi connectivity index (χ4n) is 3.60. The minimum absolute atomic E-state index is 0. The number of amides is 3. The van der Waals surface area contributed by atoms with Crippen LogP contribution in [0.4, 0.5) is 15.2 Å². The highest BCUT2D eigenvalue weighted by Gasteiger charge is 2.30. The second-order valence-electron chi connectivity index (χ2n) is 7.89. The van der Waals surface area contributed by atoms with Gasteiger partial charge in [-0.15, -0.1) is 12.4 Å². The first-order valence-electron chi connectivity index (χ1n) is 10.3. The summed E-state index contributed by atoms with van der Waals surface area (Å²) in [6.07, 6.45) is 1.15. The van der Waals surface area contributed by atoms with Crippen molar-refractivity contribution in [2.75, 3.05) is 37.0 Å². The van der Waals surface area contributed by atoms with Crippen LogP contribution in [0.1, 0.15) is 29.6 Å². The largest absolute Gasteiger partial charge is 0.309 e. The molecule has 3 aromatic rings. The van der Waals surface area contributed by atoms with Crippen LogP contribution in [0, 0.1) is 5.82 Å². The SMILES string of the molecule is CN(C)CCCN(C(=O)c1ccc(N2C(=O)CCC2=O)cc1)c1nc2ccc(F)cc2s1.Cl. The molecule has 0 N–H and O–H groups in total. The lowest BCUT2D eigenvalue weighted by atomic mass is 10.1. The molecule has 7 nitrogen and oxygen atoms in total. The third-order valence-electron chi connectivity index (χ3n) is 5.23. The predicted octanol–water partition coefficient (Wildman–Crippen LogP) is 4.11. The smallest absolute Gasteiger partial charge is 0.260 e. The highest BCUT2D eigenvalue weighted by Crippen LogP contribution is 2.31. The van der Waals surface area contributed by atoms with Gasteiger partial charge < -0.3 is 4.90 Å². The summed E-state index contributed by atoms with van der Waals surface area (Å²) < 4.78 is 14.3. The number of anilines is 2. The van der Waals surface area contributed by atoms with Crippen LogP contribution in [-0.2, 0) is 9.59 Å². The zero-order valence-corrected chi connectivity index (χ0v) is 19.9. The number of benzene rings is 2. The molecule has 4 rings (SSSR count). The first-order valence-corrected chi connectivity index (χ1v) is 11.1. The molecule has 0 aliphatic carbocycles. The first kappa shape index (κ1) is 24.8. The summed E-state index contributed by atoms with van der Waals surface area (Å²) in [5.41, 5.74) is 1.52. The number of rotatable bonds is 7.